The van der Waals surface area contributed by atoms with Crippen LogP contribution in [0.2, 0.25) is 10.0 Å². The Kier molecular flexibility index (Phi) is 5.05. The third kappa shape index (κ3) is 3.64. The molecule has 0 saturated carbocycles. The molecule has 2 rings (SSSR count). The van der Waals surface area contributed by atoms with Gasteiger partial charge in [-0.15, -0.1) is 10.2 Å². The highest BCUT2D eigenvalue weighted by Gasteiger charge is 2.21. The lowest BCUT2D eigenvalue weighted by Gasteiger charge is -2.10. The van der Waals surface area contributed by atoms with Crippen molar-refractivity contribution in [3.05, 3.63) is 32.7 Å². The van der Waals surface area contributed by atoms with Crippen molar-refractivity contribution in [2.75, 3.05) is 4.72 Å². The Bertz CT molecular complexity index is 762. The van der Waals surface area contributed by atoms with Crippen LogP contribution in [0.25, 0.3) is 0 Å². The molecule has 114 valence electrons. The molecule has 2 aromatic rings. The summed E-state index contributed by atoms with van der Waals surface area (Å²) in [5.41, 5.74) is 6.02. The summed E-state index contributed by atoms with van der Waals surface area (Å²) in [6, 6.07) is 2.71. The molecule has 10 heteroatoms. The number of nitrogens with one attached hydrogen (secondary N) is 1. The first-order valence-corrected chi connectivity index (χ1v) is 8.96. The van der Waals surface area contributed by atoms with Crippen molar-refractivity contribution in [3.8, 4) is 0 Å². The minimum Gasteiger partial charge on any atom is -0.326 e. The molecular weight excluding hydrogens is 355 g/mol. The molecule has 0 aliphatic carbocycles. The summed E-state index contributed by atoms with van der Waals surface area (Å²) in [7, 11) is -3.88. The van der Waals surface area contributed by atoms with Gasteiger partial charge in [0, 0.05) is 11.6 Å². The molecule has 1 heterocycles. The van der Waals surface area contributed by atoms with Crippen molar-refractivity contribution in [2.45, 2.75) is 24.8 Å². The number of aromatic nitrogens is 2. The van der Waals surface area contributed by atoms with Crippen LogP contribution >= 0.6 is 34.5 Å². The zero-order chi connectivity index (χ0) is 15.6. The summed E-state index contributed by atoms with van der Waals surface area (Å²) in [5, 5.41) is 8.89. The Hall–Kier alpha value is -0.930. The van der Waals surface area contributed by atoms with Crippen molar-refractivity contribution in [1.82, 2.24) is 10.2 Å². The van der Waals surface area contributed by atoms with Crippen LogP contribution in [-0.2, 0) is 23.0 Å². The van der Waals surface area contributed by atoms with Crippen LogP contribution in [0.4, 0.5) is 5.13 Å². The van der Waals surface area contributed by atoms with Gasteiger partial charge in [0.25, 0.3) is 10.0 Å². The third-order valence-electron chi connectivity index (χ3n) is 2.60. The van der Waals surface area contributed by atoms with E-state index in [1.165, 1.54) is 23.5 Å². The van der Waals surface area contributed by atoms with E-state index in [0.717, 1.165) is 5.01 Å². The normalized spacial score (nSPS) is 11.6. The number of sulfonamides is 1. The number of halogens is 2. The molecule has 3 N–H and O–H groups in total. The fourth-order valence-corrected chi connectivity index (χ4v) is 4.33. The van der Waals surface area contributed by atoms with Crippen LogP contribution in [0.5, 0.6) is 0 Å². The molecule has 0 amide bonds. The molecule has 0 bridgehead atoms. The monoisotopic (exact) mass is 366 g/mol. The first kappa shape index (κ1) is 16.4. The largest absolute Gasteiger partial charge is 0.326 e. The van der Waals surface area contributed by atoms with Crippen LogP contribution in [-0.4, -0.2) is 18.6 Å². The molecule has 0 saturated heterocycles. The lowest BCUT2D eigenvalue weighted by atomic mass is 10.2. The Balaban J connectivity index is 2.39. The van der Waals surface area contributed by atoms with E-state index in [1.807, 2.05) is 6.92 Å². The average molecular weight is 367 g/mol. The van der Waals surface area contributed by atoms with Gasteiger partial charge < -0.3 is 5.73 Å². The minimum atomic E-state index is -3.88. The second-order valence-corrected chi connectivity index (χ2v) is 7.57. The van der Waals surface area contributed by atoms with Gasteiger partial charge in [-0.2, -0.15) is 0 Å². The van der Waals surface area contributed by atoms with Gasteiger partial charge in [0.2, 0.25) is 5.13 Å². The standard InChI is InChI=1S/C11H12Cl2N4O2S2/c1-2-10-15-16-11(20-10)17-21(18,19)9-3-6(5-14)7(12)4-8(9)13/h3-4H,2,5,14H2,1H3,(H,16,17). The van der Waals surface area contributed by atoms with Gasteiger partial charge in [-0.1, -0.05) is 41.5 Å². The average Bonchev–Trinajstić information content (AvgIpc) is 2.85. The van der Waals surface area contributed by atoms with Crippen LogP contribution in [0.15, 0.2) is 17.0 Å². The zero-order valence-corrected chi connectivity index (χ0v) is 14.1. The van der Waals surface area contributed by atoms with Gasteiger partial charge in [0.05, 0.1) is 5.02 Å². The summed E-state index contributed by atoms with van der Waals surface area (Å²) < 4.78 is 27.1. The number of hydrogen-bond donors (Lipinski definition) is 2. The summed E-state index contributed by atoms with van der Waals surface area (Å²) >= 11 is 13.1. The zero-order valence-electron chi connectivity index (χ0n) is 10.9. The van der Waals surface area contributed by atoms with Crippen molar-refractivity contribution >= 4 is 49.7 Å². The molecule has 1 aromatic carbocycles. The van der Waals surface area contributed by atoms with E-state index >= 15 is 0 Å². The Morgan fingerprint density at radius 3 is 2.57 bits per heavy atom. The fourth-order valence-electron chi connectivity index (χ4n) is 1.54. The maximum Gasteiger partial charge on any atom is 0.265 e. The van der Waals surface area contributed by atoms with E-state index < -0.39 is 10.0 Å². The highest BCUT2D eigenvalue weighted by Crippen LogP contribution is 2.30. The number of anilines is 1. The number of benzene rings is 1. The molecule has 0 spiro atoms. The number of aryl methyl sites for hydroxylation is 1. The highest BCUT2D eigenvalue weighted by molar-refractivity contribution is 7.93. The van der Waals surface area contributed by atoms with E-state index in [4.69, 9.17) is 28.9 Å². The van der Waals surface area contributed by atoms with E-state index in [0.29, 0.717) is 17.0 Å². The summed E-state index contributed by atoms with van der Waals surface area (Å²) in [4.78, 5) is -0.0951. The molecule has 0 aliphatic rings. The first-order chi connectivity index (χ1) is 9.87. The molecular formula is C11H12Cl2N4O2S2. The topological polar surface area (TPSA) is 98.0 Å². The molecule has 0 aliphatic heterocycles. The molecule has 21 heavy (non-hydrogen) atoms. The van der Waals surface area contributed by atoms with Crippen LogP contribution in [0.1, 0.15) is 17.5 Å². The maximum atomic E-state index is 12.4. The van der Waals surface area contributed by atoms with Gasteiger partial charge in [0.15, 0.2) is 0 Å². The predicted molar refractivity (Wildman–Crippen MR) is 84.4 cm³/mol. The van der Waals surface area contributed by atoms with Crippen molar-refractivity contribution in [3.63, 3.8) is 0 Å². The number of hydrogen-bond acceptors (Lipinski definition) is 6. The quantitative estimate of drug-likeness (QED) is 0.847. The predicted octanol–water partition coefficient (Wildman–Crippen LogP) is 2.67. The van der Waals surface area contributed by atoms with Gasteiger partial charge in [-0.3, -0.25) is 4.72 Å². The molecule has 0 radical (unpaired) electrons. The van der Waals surface area contributed by atoms with Crippen molar-refractivity contribution in [2.24, 2.45) is 5.73 Å². The second kappa shape index (κ2) is 6.45. The highest BCUT2D eigenvalue weighted by atomic mass is 35.5. The van der Waals surface area contributed by atoms with Gasteiger partial charge >= 0.3 is 0 Å². The van der Waals surface area contributed by atoms with E-state index in [1.54, 1.807) is 0 Å². The molecule has 0 fully saturated rings. The minimum absolute atomic E-state index is 0.0185. The number of nitrogens with two attached hydrogens (primary N) is 1. The number of rotatable bonds is 5. The van der Waals surface area contributed by atoms with Crippen molar-refractivity contribution < 1.29 is 8.42 Å². The second-order valence-electron chi connectivity index (χ2n) is 4.04. The number of nitrogens with zero attached hydrogens (tertiary/aromatic N) is 2. The fraction of sp³-hybridized carbons (Fsp3) is 0.273. The van der Waals surface area contributed by atoms with E-state index in [9.17, 15) is 8.42 Å². The molecule has 1 aromatic heterocycles. The lowest BCUT2D eigenvalue weighted by molar-refractivity contribution is 0.601. The van der Waals surface area contributed by atoms with Gasteiger partial charge in [-0.05, 0) is 24.1 Å². The third-order valence-corrected chi connectivity index (χ3v) is 5.87. The summed E-state index contributed by atoms with van der Waals surface area (Å²) in [6.45, 7) is 2.01. The van der Waals surface area contributed by atoms with Crippen LogP contribution in [0.3, 0.4) is 0 Å². The smallest absolute Gasteiger partial charge is 0.265 e. The van der Waals surface area contributed by atoms with E-state index in [-0.39, 0.29) is 21.6 Å². The molecule has 6 nitrogen and oxygen atoms in total. The molecule has 0 unspecified atom stereocenters. The Morgan fingerprint density at radius 1 is 1.29 bits per heavy atom. The summed E-state index contributed by atoms with van der Waals surface area (Å²) in [5.74, 6) is 0. The summed E-state index contributed by atoms with van der Waals surface area (Å²) in [6.07, 6.45) is 0.679. The molecule has 0 atom stereocenters. The van der Waals surface area contributed by atoms with Crippen molar-refractivity contribution in [1.29, 1.82) is 0 Å². The van der Waals surface area contributed by atoms with Crippen LogP contribution < -0.4 is 10.5 Å². The maximum absolute atomic E-state index is 12.4. The lowest BCUT2D eigenvalue weighted by Crippen LogP contribution is -2.14. The SMILES string of the molecule is CCc1nnc(NS(=O)(=O)c2cc(CN)c(Cl)cc2Cl)s1. The van der Waals surface area contributed by atoms with Gasteiger partial charge in [-0.25, -0.2) is 8.42 Å². The first-order valence-electron chi connectivity index (χ1n) is 5.90. The Morgan fingerprint density at radius 2 is 2.00 bits per heavy atom. The van der Waals surface area contributed by atoms with Crippen LogP contribution in [0, 0.1) is 0 Å². The van der Waals surface area contributed by atoms with E-state index in [2.05, 4.69) is 14.9 Å². The Labute approximate surface area is 136 Å². The van der Waals surface area contributed by atoms with Gasteiger partial charge in [0.1, 0.15) is 9.90 Å².